The number of thiazole rings is 1. The fourth-order valence-electron chi connectivity index (χ4n) is 5.07. The average Bonchev–Trinajstić information content (AvgIpc) is 3.44. The summed E-state index contributed by atoms with van der Waals surface area (Å²) in [5.41, 5.74) is -3.27. The van der Waals surface area contributed by atoms with Gasteiger partial charge >= 0.3 is 6.18 Å². The van der Waals surface area contributed by atoms with Gasteiger partial charge in [-0.2, -0.15) is 17.9 Å². The third kappa shape index (κ3) is 8.72. The Morgan fingerprint density at radius 3 is 2.35 bits per heavy atom. The molecule has 9 nitrogen and oxygen atoms in total. The second-order valence-electron chi connectivity index (χ2n) is 11.8. The molecular formula is C30H30F8N4O5S2. The highest BCUT2D eigenvalue weighted by atomic mass is 32.2. The molecule has 0 aliphatic carbocycles. The van der Waals surface area contributed by atoms with Crippen molar-refractivity contribution in [2.24, 2.45) is 0 Å². The summed E-state index contributed by atoms with van der Waals surface area (Å²) >= 11 is 0.596. The van der Waals surface area contributed by atoms with Gasteiger partial charge in [0.2, 0.25) is 10.0 Å². The summed E-state index contributed by atoms with van der Waals surface area (Å²) in [5, 5.41) is -0.0494. The van der Waals surface area contributed by atoms with E-state index in [-0.39, 0.29) is 28.5 Å². The average molecular weight is 743 g/mol. The minimum absolute atomic E-state index is 0.0494. The number of carbonyl (C=O) groups is 2. The molecule has 1 saturated heterocycles. The molecule has 0 spiro atoms. The highest BCUT2D eigenvalue weighted by Crippen LogP contribution is 2.43. The number of benzene rings is 1. The molecule has 0 radical (unpaired) electrons. The van der Waals surface area contributed by atoms with Gasteiger partial charge < -0.3 is 9.64 Å². The lowest BCUT2D eigenvalue weighted by molar-refractivity contribution is -0.151. The molecule has 0 saturated carbocycles. The van der Waals surface area contributed by atoms with Crippen LogP contribution in [0.15, 0.2) is 35.2 Å². The minimum atomic E-state index is -5.34. The Labute approximate surface area is 279 Å². The van der Waals surface area contributed by atoms with E-state index in [2.05, 4.69) is 9.97 Å². The van der Waals surface area contributed by atoms with Crippen molar-refractivity contribution in [2.75, 3.05) is 13.1 Å². The van der Waals surface area contributed by atoms with Crippen LogP contribution in [0.3, 0.4) is 0 Å². The molecule has 19 heteroatoms. The van der Waals surface area contributed by atoms with Gasteiger partial charge in [0.05, 0.1) is 16.1 Å². The van der Waals surface area contributed by atoms with E-state index >= 15 is 4.39 Å². The molecular weight excluding hydrogens is 712 g/mol. The van der Waals surface area contributed by atoms with Crippen LogP contribution < -0.4 is 4.72 Å². The number of nitrogens with one attached hydrogen (secondary N) is 1. The number of sulfonamides is 1. The van der Waals surface area contributed by atoms with E-state index in [1.165, 1.54) is 10.8 Å². The summed E-state index contributed by atoms with van der Waals surface area (Å²) in [6, 6.07) is 3.16. The SMILES string of the molecule is CC[C@H](NS(=O)(=O)c1ccc(-c2sc(-c3cccc(CC(C)(C)OC=O)n3)nc2C(=O)N2CCC(F)(F)CC2)c(C(F)F)c1F)C(F)(F)F. The van der Waals surface area contributed by atoms with Gasteiger partial charge in [-0.15, -0.1) is 11.3 Å². The van der Waals surface area contributed by atoms with Crippen LogP contribution in [0.1, 0.15) is 68.2 Å². The van der Waals surface area contributed by atoms with Crippen LogP contribution in [0.2, 0.25) is 0 Å². The molecule has 1 amide bonds. The first-order valence-electron chi connectivity index (χ1n) is 14.7. The number of likely N-dealkylation sites (tertiary alicyclic amines) is 1. The fourth-order valence-corrected chi connectivity index (χ4v) is 7.53. The molecule has 1 aliphatic rings. The van der Waals surface area contributed by atoms with Crippen molar-refractivity contribution in [3.8, 4) is 21.1 Å². The van der Waals surface area contributed by atoms with Gasteiger partial charge in [0.25, 0.3) is 24.7 Å². The van der Waals surface area contributed by atoms with E-state index in [1.807, 2.05) is 0 Å². The largest absolute Gasteiger partial charge is 0.461 e. The monoisotopic (exact) mass is 742 g/mol. The van der Waals surface area contributed by atoms with Gasteiger partial charge in [0.1, 0.15) is 27.2 Å². The zero-order valence-electron chi connectivity index (χ0n) is 26.1. The standard InChI is InChI=1S/C30H30F8N4O5S2/c1-4-20(30(36,37)38)41-49(45,46)19-9-8-17(21(22(19)31)25(32)33)24-23(27(44)42-12-10-29(34,35)11-13-42)40-26(48-24)18-7-5-6-16(39-18)14-28(2,3)47-15-43/h5-9,15,20,25,41H,4,10-14H2,1-3H3/t20-/m0/s1. The quantitative estimate of drug-likeness (QED) is 0.158. The topological polar surface area (TPSA) is 119 Å². The molecule has 49 heavy (non-hydrogen) atoms. The number of amides is 1. The molecule has 1 N–H and O–H groups in total. The number of hydrogen-bond donors (Lipinski definition) is 1. The number of alkyl halides is 7. The van der Waals surface area contributed by atoms with Crippen molar-refractivity contribution in [1.29, 1.82) is 0 Å². The third-order valence-electron chi connectivity index (χ3n) is 7.61. The number of hydrogen-bond acceptors (Lipinski definition) is 8. The van der Waals surface area contributed by atoms with Gasteiger partial charge in [-0.1, -0.05) is 19.1 Å². The Kier molecular flexibility index (Phi) is 11.1. The predicted molar refractivity (Wildman–Crippen MR) is 161 cm³/mol. The molecule has 268 valence electrons. The summed E-state index contributed by atoms with van der Waals surface area (Å²) in [6.07, 6.45) is -10.9. The molecule has 1 aromatic carbocycles. The van der Waals surface area contributed by atoms with Crippen molar-refractivity contribution in [3.63, 3.8) is 0 Å². The summed E-state index contributed by atoms with van der Waals surface area (Å²) in [5.74, 6) is -6.07. The van der Waals surface area contributed by atoms with E-state index in [0.29, 0.717) is 23.1 Å². The van der Waals surface area contributed by atoms with Crippen molar-refractivity contribution in [1.82, 2.24) is 19.6 Å². The summed E-state index contributed by atoms with van der Waals surface area (Å²) < 4.78 is 145. The molecule has 1 fully saturated rings. The van der Waals surface area contributed by atoms with Crippen molar-refractivity contribution < 1.29 is 57.9 Å². The Morgan fingerprint density at radius 2 is 1.78 bits per heavy atom. The van der Waals surface area contributed by atoms with Gasteiger partial charge in [-0.25, -0.2) is 35.4 Å². The normalized spacial score (nSPS) is 16.1. The zero-order chi connectivity index (χ0) is 36.5. The van der Waals surface area contributed by atoms with Crippen molar-refractivity contribution in [3.05, 3.63) is 53.1 Å². The molecule has 3 aromatic rings. The van der Waals surface area contributed by atoms with E-state index in [1.54, 1.807) is 26.0 Å². The summed E-state index contributed by atoms with van der Waals surface area (Å²) in [4.78, 5) is 32.5. The second-order valence-corrected chi connectivity index (χ2v) is 14.5. The molecule has 1 aliphatic heterocycles. The van der Waals surface area contributed by atoms with Crippen LogP contribution in [0.25, 0.3) is 21.1 Å². The van der Waals surface area contributed by atoms with Gasteiger partial charge in [-0.3, -0.25) is 14.6 Å². The Hall–Kier alpha value is -3.71. The molecule has 2 aromatic heterocycles. The number of pyridine rings is 1. The molecule has 4 rings (SSSR count). The summed E-state index contributed by atoms with van der Waals surface area (Å²) in [6.45, 7) is 3.65. The maximum Gasteiger partial charge on any atom is 0.404 e. The zero-order valence-corrected chi connectivity index (χ0v) is 27.7. The van der Waals surface area contributed by atoms with Crippen LogP contribution in [-0.2, 0) is 26.0 Å². The number of piperidine rings is 1. The lowest BCUT2D eigenvalue weighted by Crippen LogP contribution is -2.45. The van der Waals surface area contributed by atoms with Gasteiger partial charge in [-0.05, 0) is 38.5 Å². The van der Waals surface area contributed by atoms with Crippen LogP contribution >= 0.6 is 11.3 Å². The number of halogens is 8. The first-order valence-corrected chi connectivity index (χ1v) is 17.0. The maximum absolute atomic E-state index is 15.8. The fraction of sp³-hybridized carbons (Fsp3) is 0.467. The number of aromatic nitrogens is 2. The van der Waals surface area contributed by atoms with E-state index in [9.17, 15) is 48.7 Å². The van der Waals surface area contributed by atoms with Crippen LogP contribution in [0.4, 0.5) is 35.1 Å². The second kappa shape index (κ2) is 14.3. The molecule has 0 unspecified atom stereocenters. The van der Waals surface area contributed by atoms with Gasteiger partial charge in [0, 0.05) is 43.6 Å². The van der Waals surface area contributed by atoms with Crippen molar-refractivity contribution >= 4 is 33.7 Å². The van der Waals surface area contributed by atoms with Crippen LogP contribution in [-0.4, -0.2) is 72.5 Å². The maximum atomic E-state index is 15.8. The van der Waals surface area contributed by atoms with E-state index in [4.69, 9.17) is 4.74 Å². The lowest BCUT2D eigenvalue weighted by atomic mass is 10.0. The van der Waals surface area contributed by atoms with Crippen LogP contribution in [0, 0.1) is 5.82 Å². The first-order chi connectivity index (χ1) is 22.7. The number of nitrogens with zero attached hydrogens (tertiary/aromatic N) is 3. The number of ether oxygens (including phenoxy) is 1. The number of carbonyl (C=O) groups excluding carboxylic acids is 2. The number of rotatable bonds is 12. The van der Waals surface area contributed by atoms with Gasteiger partial charge in [0.15, 0.2) is 5.82 Å². The van der Waals surface area contributed by atoms with E-state index in [0.717, 1.165) is 17.9 Å². The van der Waals surface area contributed by atoms with Crippen LogP contribution in [0.5, 0.6) is 0 Å². The van der Waals surface area contributed by atoms with Crippen molar-refractivity contribution in [2.45, 2.75) is 81.5 Å². The predicted octanol–water partition coefficient (Wildman–Crippen LogP) is 6.93. The lowest BCUT2D eigenvalue weighted by Gasteiger charge is -2.31. The molecule has 3 heterocycles. The van der Waals surface area contributed by atoms with E-state index < -0.39 is 106 Å². The Morgan fingerprint density at radius 1 is 1.12 bits per heavy atom. The molecule has 0 bridgehead atoms. The Bertz CT molecular complexity index is 1810. The molecule has 1 atom stereocenters. The smallest absolute Gasteiger partial charge is 0.404 e. The third-order valence-corrected chi connectivity index (χ3v) is 10.2. The Balaban J connectivity index is 1.87. The highest BCUT2D eigenvalue weighted by Gasteiger charge is 2.42. The highest BCUT2D eigenvalue weighted by molar-refractivity contribution is 7.89. The first kappa shape index (κ1) is 38.1. The summed E-state index contributed by atoms with van der Waals surface area (Å²) in [7, 11) is -5.34. The minimum Gasteiger partial charge on any atom is -0.461 e.